The van der Waals surface area contributed by atoms with E-state index in [0.29, 0.717) is 12.5 Å². The van der Waals surface area contributed by atoms with E-state index in [1.165, 1.54) is 0 Å². The zero-order valence-electron chi connectivity index (χ0n) is 13.2. The summed E-state index contributed by atoms with van der Waals surface area (Å²) in [6, 6.07) is 1.99. The first-order chi connectivity index (χ1) is 10.6. The van der Waals surface area contributed by atoms with Crippen LogP contribution in [0.4, 0.5) is 0 Å². The van der Waals surface area contributed by atoms with Gasteiger partial charge in [0.25, 0.3) is 0 Å². The lowest BCUT2D eigenvalue weighted by atomic mass is 9.97. The number of amides is 2. The first-order valence-corrected chi connectivity index (χ1v) is 8.77. The van der Waals surface area contributed by atoms with Crippen LogP contribution < -0.4 is 5.32 Å². The predicted molar refractivity (Wildman–Crippen MR) is 90.5 cm³/mol. The highest BCUT2D eigenvalue weighted by Gasteiger charge is 2.23. The van der Waals surface area contributed by atoms with Gasteiger partial charge in [-0.1, -0.05) is 13.8 Å². The van der Waals surface area contributed by atoms with Gasteiger partial charge in [0.05, 0.1) is 0 Å². The summed E-state index contributed by atoms with van der Waals surface area (Å²) in [5, 5.41) is 6.99. The predicted octanol–water partition coefficient (Wildman–Crippen LogP) is 2.77. The molecule has 0 radical (unpaired) electrons. The zero-order valence-corrected chi connectivity index (χ0v) is 14.1. The fourth-order valence-corrected chi connectivity index (χ4v) is 3.15. The smallest absolute Gasteiger partial charge is 0.246 e. The minimum atomic E-state index is 0.00914. The van der Waals surface area contributed by atoms with Gasteiger partial charge >= 0.3 is 0 Å². The number of piperidine rings is 1. The van der Waals surface area contributed by atoms with Crippen LogP contribution >= 0.6 is 11.3 Å². The van der Waals surface area contributed by atoms with E-state index in [1.807, 2.05) is 41.6 Å². The number of rotatable bonds is 5. The molecule has 1 fully saturated rings. The maximum absolute atomic E-state index is 12.2. The molecular weight excluding hydrogens is 296 g/mol. The van der Waals surface area contributed by atoms with Crippen molar-refractivity contribution in [3.63, 3.8) is 0 Å². The van der Waals surface area contributed by atoms with Crippen molar-refractivity contribution in [2.75, 3.05) is 19.6 Å². The van der Waals surface area contributed by atoms with E-state index >= 15 is 0 Å². The summed E-state index contributed by atoms with van der Waals surface area (Å²) < 4.78 is 0. The van der Waals surface area contributed by atoms with Crippen molar-refractivity contribution in [3.8, 4) is 0 Å². The first-order valence-electron chi connectivity index (χ1n) is 7.83. The Labute approximate surface area is 136 Å². The molecule has 0 aromatic carbocycles. The van der Waals surface area contributed by atoms with Gasteiger partial charge in [-0.3, -0.25) is 9.59 Å². The molecule has 0 saturated carbocycles. The number of nitrogens with zero attached hydrogens (tertiary/aromatic N) is 1. The maximum Gasteiger partial charge on any atom is 0.246 e. The highest BCUT2D eigenvalue weighted by Crippen LogP contribution is 2.17. The van der Waals surface area contributed by atoms with E-state index in [2.05, 4.69) is 5.32 Å². The van der Waals surface area contributed by atoms with Crippen molar-refractivity contribution in [1.82, 2.24) is 10.2 Å². The number of nitrogens with one attached hydrogen (secondary N) is 1. The van der Waals surface area contributed by atoms with Crippen molar-refractivity contribution in [1.29, 1.82) is 0 Å². The third-order valence-corrected chi connectivity index (χ3v) is 4.58. The Morgan fingerprint density at radius 1 is 1.50 bits per heavy atom. The van der Waals surface area contributed by atoms with Crippen LogP contribution in [0.3, 0.4) is 0 Å². The highest BCUT2D eigenvalue weighted by atomic mass is 32.1. The molecule has 0 spiro atoms. The molecule has 1 unspecified atom stereocenters. The molecule has 1 aliphatic rings. The topological polar surface area (TPSA) is 49.4 Å². The van der Waals surface area contributed by atoms with Gasteiger partial charge < -0.3 is 10.2 Å². The van der Waals surface area contributed by atoms with E-state index in [9.17, 15) is 9.59 Å². The largest absolute Gasteiger partial charge is 0.356 e. The van der Waals surface area contributed by atoms with E-state index < -0.39 is 0 Å². The molecular formula is C17H24N2O2S. The fraction of sp³-hybridized carbons (Fsp3) is 0.529. The second-order valence-electron chi connectivity index (χ2n) is 6.08. The third kappa shape index (κ3) is 4.98. The van der Waals surface area contributed by atoms with Crippen molar-refractivity contribution in [2.24, 2.45) is 11.8 Å². The lowest BCUT2D eigenvalue weighted by Crippen LogP contribution is -2.43. The molecule has 1 atom stereocenters. The van der Waals surface area contributed by atoms with Crippen LogP contribution in [-0.4, -0.2) is 36.3 Å². The maximum atomic E-state index is 12.2. The Kier molecular flexibility index (Phi) is 6.19. The first kappa shape index (κ1) is 16.7. The molecule has 1 aromatic heterocycles. The molecule has 22 heavy (non-hydrogen) atoms. The average Bonchev–Trinajstić information content (AvgIpc) is 3.03. The van der Waals surface area contributed by atoms with E-state index in [4.69, 9.17) is 0 Å². The number of likely N-dealkylation sites (tertiary alicyclic amines) is 1. The number of carbonyl (C=O) groups is 2. The summed E-state index contributed by atoms with van der Waals surface area (Å²) >= 11 is 1.62. The lowest BCUT2D eigenvalue weighted by Gasteiger charge is -2.32. The van der Waals surface area contributed by atoms with Gasteiger partial charge in [-0.2, -0.15) is 11.3 Å². The molecule has 2 amide bonds. The van der Waals surface area contributed by atoms with Gasteiger partial charge in [0.1, 0.15) is 0 Å². The van der Waals surface area contributed by atoms with E-state index in [-0.39, 0.29) is 17.7 Å². The van der Waals surface area contributed by atoms with Gasteiger partial charge in [-0.05, 0) is 47.2 Å². The van der Waals surface area contributed by atoms with Crippen molar-refractivity contribution in [2.45, 2.75) is 26.7 Å². The van der Waals surface area contributed by atoms with Crippen LogP contribution in [0.25, 0.3) is 6.08 Å². The van der Waals surface area contributed by atoms with Crippen molar-refractivity contribution >= 4 is 29.2 Å². The zero-order chi connectivity index (χ0) is 15.9. The molecule has 1 N–H and O–H groups in total. The summed E-state index contributed by atoms with van der Waals surface area (Å²) in [5.74, 6) is 0.511. The minimum absolute atomic E-state index is 0.00914. The Morgan fingerprint density at radius 3 is 3.00 bits per heavy atom. The molecule has 5 heteroatoms. The SMILES string of the molecule is CC(C)C(=O)NCC1CCCN(C(=O)C=Cc2ccsc2)C1. The second-order valence-corrected chi connectivity index (χ2v) is 6.86. The standard InChI is InChI=1S/C17H24N2O2S/c1-13(2)17(21)18-10-15-4-3-8-19(11-15)16(20)6-5-14-7-9-22-12-14/h5-7,9,12-13,15H,3-4,8,10-11H2,1-2H3,(H,18,21). The molecule has 2 rings (SSSR count). The molecule has 1 aromatic rings. The lowest BCUT2D eigenvalue weighted by molar-refractivity contribution is -0.127. The van der Waals surface area contributed by atoms with Crippen LogP contribution in [0.2, 0.25) is 0 Å². The van der Waals surface area contributed by atoms with Crippen LogP contribution in [0, 0.1) is 11.8 Å². The number of carbonyl (C=O) groups excluding carboxylic acids is 2. The molecule has 0 aliphatic carbocycles. The van der Waals surface area contributed by atoms with Crippen molar-refractivity contribution < 1.29 is 9.59 Å². The van der Waals surface area contributed by atoms with Gasteiger partial charge in [-0.15, -0.1) is 0 Å². The number of thiophene rings is 1. The number of hydrogen-bond donors (Lipinski definition) is 1. The van der Waals surface area contributed by atoms with Crippen LogP contribution in [-0.2, 0) is 9.59 Å². The molecule has 2 heterocycles. The molecule has 120 valence electrons. The molecule has 4 nitrogen and oxygen atoms in total. The van der Waals surface area contributed by atoms with Crippen LogP contribution in [0.5, 0.6) is 0 Å². The Balaban J connectivity index is 1.82. The monoisotopic (exact) mass is 320 g/mol. The summed E-state index contributed by atoms with van der Waals surface area (Å²) in [5.41, 5.74) is 1.07. The Morgan fingerprint density at radius 2 is 2.32 bits per heavy atom. The van der Waals surface area contributed by atoms with E-state index in [0.717, 1.165) is 31.5 Å². The van der Waals surface area contributed by atoms with Gasteiger partial charge in [0, 0.05) is 31.6 Å². The van der Waals surface area contributed by atoms with Gasteiger partial charge in [-0.25, -0.2) is 0 Å². The summed E-state index contributed by atoms with van der Waals surface area (Å²) in [7, 11) is 0. The normalized spacial score (nSPS) is 18.9. The molecule has 1 aliphatic heterocycles. The quantitative estimate of drug-likeness (QED) is 0.848. The van der Waals surface area contributed by atoms with Gasteiger partial charge in [0.2, 0.25) is 11.8 Å². The van der Waals surface area contributed by atoms with Gasteiger partial charge in [0.15, 0.2) is 0 Å². The van der Waals surface area contributed by atoms with E-state index in [1.54, 1.807) is 17.4 Å². The van der Waals surface area contributed by atoms with Crippen LogP contribution in [0.15, 0.2) is 22.9 Å². The Bertz CT molecular complexity index is 523. The molecule has 1 saturated heterocycles. The van der Waals surface area contributed by atoms with Crippen LogP contribution in [0.1, 0.15) is 32.3 Å². The fourth-order valence-electron chi connectivity index (χ4n) is 2.52. The third-order valence-electron chi connectivity index (χ3n) is 3.88. The van der Waals surface area contributed by atoms with Crippen molar-refractivity contribution in [3.05, 3.63) is 28.5 Å². The minimum Gasteiger partial charge on any atom is -0.356 e. The Hall–Kier alpha value is -1.62. The summed E-state index contributed by atoms with van der Waals surface area (Å²) in [6.45, 7) is 5.98. The molecule has 0 bridgehead atoms. The number of hydrogen-bond acceptors (Lipinski definition) is 3. The summed E-state index contributed by atoms with van der Waals surface area (Å²) in [6.07, 6.45) is 5.58. The second kappa shape index (κ2) is 8.13. The average molecular weight is 320 g/mol. The summed E-state index contributed by atoms with van der Waals surface area (Å²) in [4.78, 5) is 25.8. The highest BCUT2D eigenvalue weighted by molar-refractivity contribution is 7.08.